The lowest BCUT2D eigenvalue weighted by atomic mass is 10.2. The maximum absolute atomic E-state index is 5.50. The Hall–Kier alpha value is -0.980. The third-order valence-corrected chi connectivity index (χ3v) is 3.75. The van der Waals surface area contributed by atoms with E-state index in [1.807, 2.05) is 24.3 Å². The fraction of sp³-hybridized carbons (Fsp3) is 0.385. The number of nitrogens with zero attached hydrogens (tertiary/aromatic N) is 1. The number of benzene rings is 1. The molecule has 0 spiro atoms. The molecule has 1 aliphatic heterocycles. The summed E-state index contributed by atoms with van der Waals surface area (Å²) in [6.45, 7) is 1.59. The van der Waals surface area contributed by atoms with Gasteiger partial charge in [0.05, 0.1) is 12.3 Å². The molecule has 102 valence electrons. The van der Waals surface area contributed by atoms with Gasteiger partial charge in [-0.2, -0.15) is 5.10 Å². The Labute approximate surface area is 126 Å². The SMILES string of the molecule is S=C(NC[C@@H]1CCCO1)N/N=C\c1ccccc1Br. The van der Waals surface area contributed by atoms with Crippen LogP contribution < -0.4 is 10.7 Å². The van der Waals surface area contributed by atoms with Crippen molar-refractivity contribution in [2.24, 2.45) is 5.10 Å². The van der Waals surface area contributed by atoms with E-state index in [-0.39, 0.29) is 6.10 Å². The van der Waals surface area contributed by atoms with Gasteiger partial charge in [-0.05, 0) is 31.1 Å². The first-order chi connectivity index (χ1) is 9.25. The van der Waals surface area contributed by atoms with E-state index in [0.717, 1.165) is 36.0 Å². The highest BCUT2D eigenvalue weighted by Crippen LogP contribution is 2.13. The van der Waals surface area contributed by atoms with Gasteiger partial charge in [0.15, 0.2) is 5.11 Å². The van der Waals surface area contributed by atoms with Gasteiger partial charge in [0.2, 0.25) is 0 Å². The van der Waals surface area contributed by atoms with E-state index in [9.17, 15) is 0 Å². The van der Waals surface area contributed by atoms with Gasteiger partial charge in [0.1, 0.15) is 0 Å². The van der Waals surface area contributed by atoms with Crippen LogP contribution in [0, 0.1) is 0 Å². The van der Waals surface area contributed by atoms with E-state index in [2.05, 4.69) is 31.8 Å². The lowest BCUT2D eigenvalue weighted by Gasteiger charge is -2.11. The molecule has 0 bridgehead atoms. The number of hydrogen-bond donors (Lipinski definition) is 2. The summed E-state index contributed by atoms with van der Waals surface area (Å²) in [5, 5.41) is 7.71. The second-order valence-corrected chi connectivity index (χ2v) is 5.50. The van der Waals surface area contributed by atoms with Crippen molar-refractivity contribution in [3.63, 3.8) is 0 Å². The van der Waals surface area contributed by atoms with Crippen molar-refractivity contribution in [3.8, 4) is 0 Å². The molecule has 1 heterocycles. The van der Waals surface area contributed by atoms with Crippen LogP contribution in [0.4, 0.5) is 0 Å². The monoisotopic (exact) mass is 341 g/mol. The largest absolute Gasteiger partial charge is 0.376 e. The minimum absolute atomic E-state index is 0.270. The Morgan fingerprint density at radius 1 is 1.53 bits per heavy atom. The molecule has 0 aromatic heterocycles. The van der Waals surface area contributed by atoms with Crippen molar-refractivity contribution >= 4 is 39.5 Å². The number of hydrogen-bond acceptors (Lipinski definition) is 3. The van der Waals surface area contributed by atoms with Crippen molar-refractivity contribution in [2.75, 3.05) is 13.2 Å². The fourth-order valence-corrected chi connectivity index (χ4v) is 2.31. The average molecular weight is 342 g/mol. The lowest BCUT2D eigenvalue weighted by Crippen LogP contribution is -2.37. The summed E-state index contributed by atoms with van der Waals surface area (Å²) in [6.07, 6.45) is 4.22. The Morgan fingerprint density at radius 2 is 2.37 bits per heavy atom. The van der Waals surface area contributed by atoms with Crippen molar-refractivity contribution in [3.05, 3.63) is 34.3 Å². The van der Waals surface area contributed by atoms with Crippen LogP contribution in [0.2, 0.25) is 0 Å². The molecule has 1 aromatic rings. The number of rotatable bonds is 4. The second-order valence-electron chi connectivity index (χ2n) is 4.24. The van der Waals surface area contributed by atoms with Crippen molar-refractivity contribution < 1.29 is 4.74 Å². The van der Waals surface area contributed by atoms with Crippen molar-refractivity contribution in [1.82, 2.24) is 10.7 Å². The van der Waals surface area contributed by atoms with Crippen molar-refractivity contribution in [2.45, 2.75) is 18.9 Å². The molecule has 2 rings (SSSR count). The van der Waals surface area contributed by atoms with Crippen LogP contribution in [-0.4, -0.2) is 30.6 Å². The molecule has 0 amide bonds. The summed E-state index contributed by atoms with van der Waals surface area (Å²) in [5.41, 5.74) is 3.79. The van der Waals surface area contributed by atoms with E-state index in [1.54, 1.807) is 6.21 Å². The number of halogens is 1. The molecule has 1 aliphatic rings. The van der Waals surface area contributed by atoms with E-state index in [1.165, 1.54) is 0 Å². The molecule has 0 saturated carbocycles. The Bertz CT molecular complexity index is 461. The van der Waals surface area contributed by atoms with Crippen LogP contribution in [0.3, 0.4) is 0 Å². The van der Waals surface area contributed by atoms with Gasteiger partial charge in [-0.3, -0.25) is 5.43 Å². The third-order valence-electron chi connectivity index (χ3n) is 2.79. The number of ether oxygens (including phenoxy) is 1. The summed E-state index contributed by atoms with van der Waals surface area (Å²) >= 11 is 8.59. The molecule has 1 aromatic carbocycles. The van der Waals surface area contributed by atoms with Gasteiger partial charge in [-0.15, -0.1) is 0 Å². The molecule has 2 N–H and O–H groups in total. The molecular weight excluding hydrogens is 326 g/mol. The van der Waals surface area contributed by atoms with E-state index < -0.39 is 0 Å². The topological polar surface area (TPSA) is 45.6 Å². The predicted octanol–water partition coefficient (Wildman–Crippen LogP) is 2.43. The Kier molecular flexibility index (Phi) is 5.75. The molecule has 4 nitrogen and oxygen atoms in total. The molecule has 1 saturated heterocycles. The predicted molar refractivity (Wildman–Crippen MR) is 84.4 cm³/mol. The first kappa shape index (κ1) is 14.4. The number of nitrogens with one attached hydrogen (secondary N) is 2. The standard InChI is InChI=1S/C13H16BrN3OS/c14-12-6-2-1-4-10(12)8-16-17-13(19)15-9-11-5-3-7-18-11/h1-2,4,6,8,11H,3,5,7,9H2,(H2,15,17,19)/b16-8-/t11-/m0/s1. The number of thiocarbonyl (C=S) groups is 1. The Balaban J connectivity index is 1.72. The highest BCUT2D eigenvalue weighted by Gasteiger charge is 2.14. The fourth-order valence-electron chi connectivity index (χ4n) is 1.79. The van der Waals surface area contributed by atoms with Gasteiger partial charge in [0.25, 0.3) is 0 Å². The van der Waals surface area contributed by atoms with Crippen LogP contribution in [0.25, 0.3) is 0 Å². The first-order valence-electron chi connectivity index (χ1n) is 6.19. The molecule has 1 atom stereocenters. The van der Waals surface area contributed by atoms with Crippen LogP contribution in [0.1, 0.15) is 18.4 Å². The molecule has 0 radical (unpaired) electrons. The van der Waals surface area contributed by atoms with E-state index in [0.29, 0.717) is 5.11 Å². The summed E-state index contributed by atoms with van der Waals surface area (Å²) in [7, 11) is 0. The van der Waals surface area contributed by atoms with E-state index >= 15 is 0 Å². The molecular formula is C13H16BrN3OS. The first-order valence-corrected chi connectivity index (χ1v) is 7.39. The molecule has 1 fully saturated rings. The lowest BCUT2D eigenvalue weighted by molar-refractivity contribution is 0.114. The Morgan fingerprint density at radius 3 is 3.11 bits per heavy atom. The van der Waals surface area contributed by atoms with Crippen LogP contribution in [0.15, 0.2) is 33.8 Å². The second kappa shape index (κ2) is 7.57. The molecule has 0 unspecified atom stereocenters. The summed E-state index contributed by atoms with van der Waals surface area (Å²) in [5.74, 6) is 0. The minimum Gasteiger partial charge on any atom is -0.376 e. The van der Waals surface area contributed by atoms with Gasteiger partial charge >= 0.3 is 0 Å². The van der Waals surface area contributed by atoms with Gasteiger partial charge in [-0.25, -0.2) is 0 Å². The van der Waals surface area contributed by atoms with Crippen molar-refractivity contribution in [1.29, 1.82) is 0 Å². The zero-order valence-electron chi connectivity index (χ0n) is 10.4. The maximum atomic E-state index is 5.50. The van der Waals surface area contributed by atoms with E-state index in [4.69, 9.17) is 17.0 Å². The van der Waals surface area contributed by atoms with Crippen LogP contribution in [0.5, 0.6) is 0 Å². The van der Waals surface area contributed by atoms with Gasteiger partial charge in [-0.1, -0.05) is 34.1 Å². The minimum atomic E-state index is 0.270. The van der Waals surface area contributed by atoms with Crippen LogP contribution >= 0.6 is 28.1 Å². The number of hydrazone groups is 1. The van der Waals surface area contributed by atoms with Gasteiger partial charge < -0.3 is 10.1 Å². The summed E-state index contributed by atoms with van der Waals surface area (Å²) in [4.78, 5) is 0. The summed E-state index contributed by atoms with van der Waals surface area (Å²) < 4.78 is 6.50. The van der Waals surface area contributed by atoms with Gasteiger partial charge in [0, 0.05) is 23.2 Å². The highest BCUT2D eigenvalue weighted by atomic mass is 79.9. The smallest absolute Gasteiger partial charge is 0.187 e. The zero-order chi connectivity index (χ0) is 13.5. The molecule has 19 heavy (non-hydrogen) atoms. The molecule has 6 heteroatoms. The normalized spacial score (nSPS) is 18.7. The highest BCUT2D eigenvalue weighted by molar-refractivity contribution is 9.10. The summed E-state index contributed by atoms with van der Waals surface area (Å²) in [6, 6.07) is 7.86. The molecule has 0 aliphatic carbocycles. The average Bonchev–Trinajstić information content (AvgIpc) is 2.92. The quantitative estimate of drug-likeness (QED) is 0.501. The van der Waals surface area contributed by atoms with Crippen LogP contribution in [-0.2, 0) is 4.74 Å². The third kappa shape index (κ3) is 4.89. The maximum Gasteiger partial charge on any atom is 0.187 e. The zero-order valence-corrected chi connectivity index (χ0v) is 12.8.